The summed E-state index contributed by atoms with van der Waals surface area (Å²) in [6.45, 7) is 4.54. The van der Waals surface area contributed by atoms with Crippen LogP contribution < -0.4 is 0 Å². The monoisotopic (exact) mass is 323 g/mol. The smallest absolute Gasteiger partial charge is 0.223 e. The van der Waals surface area contributed by atoms with Gasteiger partial charge in [-0.2, -0.15) is 0 Å². The number of benzene rings is 1. The quantitative estimate of drug-likeness (QED) is 0.809. The summed E-state index contributed by atoms with van der Waals surface area (Å²) < 4.78 is 24.6. The average molecular weight is 323 g/mol. The predicted octanol–water partition coefficient (Wildman–Crippen LogP) is 2.95. The van der Waals surface area contributed by atoms with Gasteiger partial charge >= 0.3 is 0 Å². The molecule has 2 rings (SSSR count). The first-order chi connectivity index (χ1) is 10.4. The number of hydrogen-bond acceptors (Lipinski definition) is 3. The van der Waals surface area contributed by atoms with Gasteiger partial charge in [0.1, 0.15) is 0 Å². The number of nitrogens with zero attached hydrogens (tertiary/aromatic N) is 1. The van der Waals surface area contributed by atoms with Crippen LogP contribution in [0.25, 0.3) is 0 Å². The van der Waals surface area contributed by atoms with E-state index >= 15 is 0 Å². The lowest BCUT2D eigenvalue weighted by molar-refractivity contribution is -0.132. The summed E-state index contributed by atoms with van der Waals surface area (Å²) in [6, 6.07) is 7.10. The fourth-order valence-electron chi connectivity index (χ4n) is 3.08. The van der Waals surface area contributed by atoms with Crippen LogP contribution in [0, 0.1) is 6.92 Å². The molecule has 0 heterocycles. The fraction of sp³-hybridized carbons (Fsp3) is 0.588. The summed E-state index contributed by atoms with van der Waals surface area (Å²) in [5.41, 5.74) is 1.02. The van der Waals surface area contributed by atoms with Crippen LogP contribution in [0.3, 0.4) is 0 Å². The summed E-state index contributed by atoms with van der Waals surface area (Å²) in [5.74, 6) is -0.150. The summed E-state index contributed by atoms with van der Waals surface area (Å²) >= 11 is 0. The van der Waals surface area contributed by atoms with Crippen LogP contribution in [0.15, 0.2) is 29.2 Å². The normalized spacial score (nSPS) is 15.9. The van der Waals surface area contributed by atoms with Crippen molar-refractivity contribution in [2.75, 3.05) is 12.3 Å². The third-order valence-corrected chi connectivity index (χ3v) is 6.12. The largest absolute Gasteiger partial charge is 0.340 e. The van der Waals surface area contributed by atoms with Gasteiger partial charge in [-0.3, -0.25) is 4.79 Å². The highest BCUT2D eigenvalue weighted by Gasteiger charge is 2.26. The molecule has 1 fully saturated rings. The minimum absolute atomic E-state index is 0.0370. The van der Waals surface area contributed by atoms with E-state index in [1.165, 1.54) is 0 Å². The summed E-state index contributed by atoms with van der Waals surface area (Å²) in [7, 11) is -3.38. The van der Waals surface area contributed by atoms with Gasteiger partial charge < -0.3 is 4.90 Å². The molecule has 0 atom stereocenters. The topological polar surface area (TPSA) is 54.5 Å². The van der Waals surface area contributed by atoms with Crippen molar-refractivity contribution >= 4 is 15.7 Å². The molecule has 1 aromatic carbocycles. The van der Waals surface area contributed by atoms with E-state index in [9.17, 15) is 13.2 Å². The van der Waals surface area contributed by atoms with E-state index in [2.05, 4.69) is 0 Å². The van der Waals surface area contributed by atoms with Crippen LogP contribution >= 0.6 is 0 Å². The molecule has 122 valence electrons. The van der Waals surface area contributed by atoms with Crippen molar-refractivity contribution in [3.05, 3.63) is 29.8 Å². The number of carbonyl (C=O) groups excluding carboxylic acids is 1. The van der Waals surface area contributed by atoms with E-state index in [-0.39, 0.29) is 18.1 Å². The van der Waals surface area contributed by atoms with E-state index in [1.54, 1.807) is 24.3 Å². The van der Waals surface area contributed by atoms with Gasteiger partial charge in [-0.25, -0.2) is 8.42 Å². The van der Waals surface area contributed by atoms with Gasteiger partial charge in [-0.15, -0.1) is 0 Å². The predicted molar refractivity (Wildman–Crippen MR) is 87.5 cm³/mol. The second-order valence-electron chi connectivity index (χ2n) is 6.00. The molecule has 5 heteroatoms. The zero-order valence-electron chi connectivity index (χ0n) is 13.4. The zero-order valence-corrected chi connectivity index (χ0v) is 14.2. The third kappa shape index (κ3) is 4.09. The number of sulfone groups is 1. The third-order valence-electron chi connectivity index (χ3n) is 4.39. The highest BCUT2D eigenvalue weighted by molar-refractivity contribution is 7.91. The minimum atomic E-state index is -3.38. The molecular weight excluding hydrogens is 298 g/mol. The van der Waals surface area contributed by atoms with Crippen molar-refractivity contribution in [2.45, 2.75) is 56.9 Å². The van der Waals surface area contributed by atoms with Crippen LogP contribution in [0.1, 0.15) is 44.6 Å². The molecule has 0 aromatic heterocycles. The maximum Gasteiger partial charge on any atom is 0.223 e. The number of carbonyl (C=O) groups is 1. The van der Waals surface area contributed by atoms with Gasteiger partial charge in [0.15, 0.2) is 9.84 Å². The Morgan fingerprint density at radius 2 is 1.77 bits per heavy atom. The highest BCUT2D eigenvalue weighted by Crippen LogP contribution is 2.24. The Morgan fingerprint density at radius 1 is 1.18 bits per heavy atom. The van der Waals surface area contributed by atoms with Gasteiger partial charge in [0, 0.05) is 19.0 Å². The Kier molecular flexibility index (Phi) is 5.62. The van der Waals surface area contributed by atoms with Crippen LogP contribution in [-0.4, -0.2) is 37.6 Å². The van der Waals surface area contributed by atoms with E-state index in [0.717, 1.165) is 31.2 Å². The van der Waals surface area contributed by atoms with Gasteiger partial charge in [0.2, 0.25) is 5.91 Å². The second-order valence-corrected chi connectivity index (χ2v) is 8.11. The average Bonchev–Trinajstić information content (AvgIpc) is 3.00. The molecule has 1 amide bonds. The van der Waals surface area contributed by atoms with E-state index in [4.69, 9.17) is 0 Å². The van der Waals surface area contributed by atoms with Crippen LogP contribution in [-0.2, 0) is 14.6 Å². The van der Waals surface area contributed by atoms with Gasteiger partial charge in [-0.05, 0) is 38.8 Å². The molecule has 0 unspecified atom stereocenters. The van der Waals surface area contributed by atoms with Crippen LogP contribution in [0.5, 0.6) is 0 Å². The van der Waals surface area contributed by atoms with E-state index in [0.29, 0.717) is 17.5 Å². The van der Waals surface area contributed by atoms with E-state index in [1.807, 2.05) is 18.7 Å². The molecule has 0 spiro atoms. The second kappa shape index (κ2) is 7.27. The minimum Gasteiger partial charge on any atom is -0.340 e. The lowest BCUT2D eigenvalue weighted by Crippen LogP contribution is -2.39. The van der Waals surface area contributed by atoms with Crippen molar-refractivity contribution in [1.82, 2.24) is 4.90 Å². The van der Waals surface area contributed by atoms with Crippen LogP contribution in [0.4, 0.5) is 0 Å². The molecular formula is C17H25NO3S. The molecule has 1 aliphatic rings. The zero-order chi connectivity index (χ0) is 16.2. The Morgan fingerprint density at radius 3 is 2.32 bits per heavy atom. The Labute approximate surface area is 133 Å². The molecule has 4 nitrogen and oxygen atoms in total. The van der Waals surface area contributed by atoms with Gasteiger partial charge in [0.25, 0.3) is 0 Å². The SMILES string of the molecule is CCN(C(=O)CCS(=O)(=O)c1ccc(C)cc1)C1CCCC1. The molecule has 0 N–H and O–H groups in total. The van der Waals surface area contributed by atoms with Crippen molar-refractivity contribution in [3.63, 3.8) is 0 Å². The first-order valence-corrected chi connectivity index (χ1v) is 9.68. The van der Waals surface area contributed by atoms with Crippen LogP contribution in [0.2, 0.25) is 0 Å². The molecule has 22 heavy (non-hydrogen) atoms. The van der Waals surface area contributed by atoms with Crippen molar-refractivity contribution in [1.29, 1.82) is 0 Å². The first-order valence-electron chi connectivity index (χ1n) is 8.03. The van der Waals surface area contributed by atoms with Crippen molar-refractivity contribution < 1.29 is 13.2 Å². The Hall–Kier alpha value is -1.36. The van der Waals surface area contributed by atoms with E-state index < -0.39 is 9.84 Å². The molecule has 1 saturated carbocycles. The lowest BCUT2D eigenvalue weighted by atomic mass is 10.2. The molecule has 0 bridgehead atoms. The first kappa shape index (κ1) is 17.0. The standard InChI is InChI=1S/C17H25NO3S/c1-3-18(15-6-4-5-7-15)17(19)12-13-22(20,21)16-10-8-14(2)9-11-16/h8-11,15H,3-7,12-13H2,1-2H3. The molecule has 1 aromatic rings. The molecule has 0 saturated heterocycles. The van der Waals surface area contributed by atoms with Crippen molar-refractivity contribution in [3.8, 4) is 0 Å². The number of rotatable bonds is 6. The summed E-state index contributed by atoms with van der Waals surface area (Å²) in [5, 5.41) is 0. The number of aryl methyl sites for hydroxylation is 1. The Bertz CT molecular complexity index is 601. The summed E-state index contributed by atoms with van der Waals surface area (Å²) in [6.07, 6.45) is 4.49. The molecule has 0 aliphatic heterocycles. The molecule has 0 radical (unpaired) electrons. The highest BCUT2D eigenvalue weighted by atomic mass is 32.2. The maximum absolute atomic E-state index is 12.4. The Balaban J connectivity index is 1.98. The number of amides is 1. The maximum atomic E-state index is 12.4. The fourth-order valence-corrected chi connectivity index (χ4v) is 4.31. The van der Waals surface area contributed by atoms with Gasteiger partial charge in [0.05, 0.1) is 10.6 Å². The lowest BCUT2D eigenvalue weighted by Gasteiger charge is -2.27. The van der Waals surface area contributed by atoms with Crippen molar-refractivity contribution in [2.24, 2.45) is 0 Å². The molecule has 1 aliphatic carbocycles. The number of hydrogen-bond donors (Lipinski definition) is 0. The van der Waals surface area contributed by atoms with Gasteiger partial charge in [-0.1, -0.05) is 30.5 Å². The summed E-state index contributed by atoms with van der Waals surface area (Å²) in [4.78, 5) is 14.5.